The summed E-state index contributed by atoms with van der Waals surface area (Å²) >= 11 is 12.2. The van der Waals surface area contributed by atoms with E-state index in [-0.39, 0.29) is 6.04 Å². The number of nitrogens with one attached hydrogen (secondary N) is 2. The van der Waals surface area contributed by atoms with Crippen molar-refractivity contribution in [2.24, 2.45) is 10.9 Å². The standard InChI is InChI=1S/C18H27Cl2N3O2/c1-13(16-5-4-15(19)10-17(16)20)23-18(21-2)22-7-3-8-24-11-14-6-9-25-12-14/h4-5,10,13-14H,3,6-9,11-12H2,1-2H3,(H2,21,22,23). The maximum absolute atomic E-state index is 6.26. The third kappa shape index (κ3) is 7.02. The minimum Gasteiger partial charge on any atom is -0.381 e. The Morgan fingerprint density at radius 2 is 2.28 bits per heavy atom. The maximum atomic E-state index is 6.26. The van der Waals surface area contributed by atoms with Crippen LogP contribution < -0.4 is 10.6 Å². The van der Waals surface area contributed by atoms with E-state index in [0.29, 0.717) is 16.0 Å². The predicted molar refractivity (Wildman–Crippen MR) is 104 cm³/mol. The second-order valence-corrected chi connectivity index (χ2v) is 7.03. The molecule has 140 valence electrons. The third-order valence-corrected chi connectivity index (χ3v) is 4.70. The smallest absolute Gasteiger partial charge is 0.191 e. The fourth-order valence-corrected chi connectivity index (χ4v) is 3.25. The lowest BCUT2D eigenvalue weighted by Gasteiger charge is -2.19. The fourth-order valence-electron chi connectivity index (χ4n) is 2.68. The lowest BCUT2D eigenvalue weighted by Crippen LogP contribution is -2.39. The number of nitrogens with zero attached hydrogens (tertiary/aromatic N) is 1. The second-order valence-electron chi connectivity index (χ2n) is 6.19. The Hall–Kier alpha value is -1.01. The number of hydrogen-bond acceptors (Lipinski definition) is 3. The topological polar surface area (TPSA) is 54.9 Å². The minimum absolute atomic E-state index is 0.0228. The summed E-state index contributed by atoms with van der Waals surface area (Å²) in [7, 11) is 1.75. The quantitative estimate of drug-likeness (QED) is 0.406. The molecular formula is C18H27Cl2N3O2. The van der Waals surface area contributed by atoms with Crippen LogP contribution in [0.4, 0.5) is 0 Å². The van der Waals surface area contributed by atoms with Crippen molar-refractivity contribution in [2.45, 2.75) is 25.8 Å². The summed E-state index contributed by atoms with van der Waals surface area (Å²) in [4.78, 5) is 4.25. The molecule has 1 heterocycles. The Kier molecular flexibility index (Phi) is 8.82. The molecule has 5 nitrogen and oxygen atoms in total. The van der Waals surface area contributed by atoms with Crippen LogP contribution in [0.15, 0.2) is 23.2 Å². The molecule has 2 rings (SSSR count). The van der Waals surface area contributed by atoms with Gasteiger partial charge >= 0.3 is 0 Å². The molecule has 1 fully saturated rings. The van der Waals surface area contributed by atoms with E-state index in [1.165, 1.54) is 0 Å². The number of halogens is 2. The summed E-state index contributed by atoms with van der Waals surface area (Å²) in [6.45, 7) is 6.06. The molecule has 0 radical (unpaired) electrons. The van der Waals surface area contributed by atoms with E-state index in [2.05, 4.69) is 15.6 Å². The Morgan fingerprint density at radius 1 is 1.44 bits per heavy atom. The molecule has 1 aromatic carbocycles. The van der Waals surface area contributed by atoms with E-state index in [4.69, 9.17) is 32.7 Å². The van der Waals surface area contributed by atoms with Crippen molar-refractivity contribution < 1.29 is 9.47 Å². The molecule has 2 N–H and O–H groups in total. The van der Waals surface area contributed by atoms with Gasteiger partial charge in [-0.25, -0.2) is 0 Å². The van der Waals surface area contributed by atoms with Gasteiger partial charge in [-0.2, -0.15) is 0 Å². The molecule has 1 saturated heterocycles. The lowest BCUT2D eigenvalue weighted by molar-refractivity contribution is 0.0888. The zero-order valence-corrected chi connectivity index (χ0v) is 16.4. The van der Waals surface area contributed by atoms with E-state index in [1.54, 1.807) is 13.1 Å². The first kappa shape index (κ1) is 20.3. The summed E-state index contributed by atoms with van der Waals surface area (Å²) in [5.41, 5.74) is 0.983. The number of guanidine groups is 1. The molecule has 2 atom stereocenters. The average molecular weight is 388 g/mol. The van der Waals surface area contributed by atoms with Crippen LogP contribution in [0.1, 0.15) is 31.4 Å². The molecule has 1 aliphatic rings. The molecule has 25 heavy (non-hydrogen) atoms. The van der Waals surface area contributed by atoms with Crippen molar-refractivity contribution in [3.63, 3.8) is 0 Å². The highest BCUT2D eigenvalue weighted by atomic mass is 35.5. The van der Waals surface area contributed by atoms with Gasteiger partial charge in [0.05, 0.1) is 19.3 Å². The van der Waals surface area contributed by atoms with E-state index < -0.39 is 0 Å². The lowest BCUT2D eigenvalue weighted by atomic mass is 10.1. The molecule has 0 bridgehead atoms. The van der Waals surface area contributed by atoms with Gasteiger partial charge in [0.2, 0.25) is 0 Å². The van der Waals surface area contributed by atoms with Crippen LogP contribution in [0.5, 0.6) is 0 Å². The van der Waals surface area contributed by atoms with Crippen molar-refractivity contribution in [1.82, 2.24) is 10.6 Å². The Morgan fingerprint density at radius 3 is 2.96 bits per heavy atom. The van der Waals surface area contributed by atoms with E-state index in [1.807, 2.05) is 19.1 Å². The Balaban J connectivity index is 1.65. The first-order valence-corrected chi connectivity index (χ1v) is 9.43. The summed E-state index contributed by atoms with van der Waals surface area (Å²) in [6.07, 6.45) is 2.03. The molecule has 1 aliphatic heterocycles. The predicted octanol–water partition coefficient (Wildman–Crippen LogP) is 3.66. The maximum Gasteiger partial charge on any atom is 0.191 e. The molecule has 1 aromatic rings. The monoisotopic (exact) mass is 387 g/mol. The van der Waals surface area contributed by atoms with Crippen LogP contribution >= 0.6 is 23.2 Å². The van der Waals surface area contributed by atoms with Gasteiger partial charge < -0.3 is 20.1 Å². The SMILES string of the molecule is CN=C(NCCCOCC1CCOC1)NC(C)c1ccc(Cl)cc1Cl. The summed E-state index contributed by atoms with van der Waals surface area (Å²) in [5, 5.41) is 7.90. The number of aliphatic imine (C=N–C) groups is 1. The molecule has 0 aliphatic carbocycles. The summed E-state index contributed by atoms with van der Waals surface area (Å²) in [5.74, 6) is 1.30. The minimum atomic E-state index is 0.0228. The number of hydrogen-bond donors (Lipinski definition) is 2. The highest BCUT2D eigenvalue weighted by Crippen LogP contribution is 2.25. The van der Waals surface area contributed by atoms with E-state index in [9.17, 15) is 0 Å². The van der Waals surface area contributed by atoms with Crippen LogP contribution in [0, 0.1) is 5.92 Å². The van der Waals surface area contributed by atoms with Crippen molar-refractivity contribution in [3.8, 4) is 0 Å². The van der Waals surface area contributed by atoms with Crippen molar-refractivity contribution in [2.75, 3.05) is 40.0 Å². The van der Waals surface area contributed by atoms with Gasteiger partial charge in [0, 0.05) is 42.8 Å². The van der Waals surface area contributed by atoms with Gasteiger partial charge in [-0.1, -0.05) is 29.3 Å². The molecule has 0 aromatic heterocycles. The van der Waals surface area contributed by atoms with Crippen LogP contribution in [0.2, 0.25) is 10.0 Å². The van der Waals surface area contributed by atoms with Crippen molar-refractivity contribution >= 4 is 29.2 Å². The van der Waals surface area contributed by atoms with Gasteiger partial charge in [-0.05, 0) is 37.5 Å². The molecular weight excluding hydrogens is 361 g/mol. The van der Waals surface area contributed by atoms with Gasteiger partial charge in [0.25, 0.3) is 0 Å². The van der Waals surface area contributed by atoms with Gasteiger partial charge in [-0.3, -0.25) is 4.99 Å². The highest BCUT2D eigenvalue weighted by Gasteiger charge is 2.15. The summed E-state index contributed by atoms with van der Waals surface area (Å²) < 4.78 is 11.0. The molecule has 7 heteroatoms. The van der Waals surface area contributed by atoms with Crippen LogP contribution in [0.3, 0.4) is 0 Å². The number of benzene rings is 1. The van der Waals surface area contributed by atoms with Gasteiger partial charge in [0.15, 0.2) is 5.96 Å². The molecule has 0 amide bonds. The zero-order valence-electron chi connectivity index (χ0n) is 14.9. The van der Waals surface area contributed by atoms with Crippen LogP contribution in [-0.4, -0.2) is 46.0 Å². The molecule has 0 saturated carbocycles. The van der Waals surface area contributed by atoms with Crippen molar-refractivity contribution in [3.05, 3.63) is 33.8 Å². The number of rotatable bonds is 8. The molecule has 0 spiro atoms. The fraction of sp³-hybridized carbons (Fsp3) is 0.611. The van der Waals surface area contributed by atoms with Crippen LogP contribution in [0.25, 0.3) is 0 Å². The first-order chi connectivity index (χ1) is 12.1. The highest BCUT2D eigenvalue weighted by molar-refractivity contribution is 6.35. The van der Waals surface area contributed by atoms with Gasteiger partial charge in [0.1, 0.15) is 0 Å². The third-order valence-electron chi connectivity index (χ3n) is 4.14. The van der Waals surface area contributed by atoms with E-state index in [0.717, 1.165) is 57.3 Å². The normalized spacial score (nSPS) is 19.0. The average Bonchev–Trinajstić information content (AvgIpc) is 3.10. The summed E-state index contributed by atoms with van der Waals surface area (Å²) in [6, 6.07) is 5.54. The van der Waals surface area contributed by atoms with Gasteiger partial charge in [-0.15, -0.1) is 0 Å². The Labute approximate surface area is 160 Å². The second kappa shape index (κ2) is 10.9. The molecule has 2 unspecified atom stereocenters. The Bertz CT molecular complexity index is 563. The van der Waals surface area contributed by atoms with Crippen molar-refractivity contribution in [1.29, 1.82) is 0 Å². The van der Waals surface area contributed by atoms with E-state index >= 15 is 0 Å². The first-order valence-electron chi connectivity index (χ1n) is 8.67. The van der Waals surface area contributed by atoms with Crippen LogP contribution in [-0.2, 0) is 9.47 Å². The number of ether oxygens (including phenoxy) is 2. The zero-order chi connectivity index (χ0) is 18.1. The largest absolute Gasteiger partial charge is 0.381 e.